The second-order valence-electron chi connectivity index (χ2n) is 5.81. The number of rotatable bonds is 5. The summed E-state index contributed by atoms with van der Waals surface area (Å²) in [6.45, 7) is 1.39. The van der Waals surface area contributed by atoms with Crippen molar-refractivity contribution in [1.29, 1.82) is 0 Å². The molecule has 2 N–H and O–H groups in total. The molecule has 0 saturated carbocycles. The number of carbonyl (C=O) groups is 1. The van der Waals surface area contributed by atoms with Crippen LogP contribution in [0.15, 0.2) is 76.3 Å². The van der Waals surface area contributed by atoms with Crippen molar-refractivity contribution in [3.05, 3.63) is 77.0 Å². The first-order valence-electron chi connectivity index (χ1n) is 8.39. The predicted molar refractivity (Wildman–Crippen MR) is 104 cm³/mol. The Balaban J connectivity index is 2.01. The van der Waals surface area contributed by atoms with E-state index >= 15 is 0 Å². The number of hydrogen-bond acceptors (Lipinski definition) is 6. The van der Waals surface area contributed by atoms with Crippen LogP contribution >= 0.6 is 10.8 Å². The van der Waals surface area contributed by atoms with Crippen molar-refractivity contribution in [2.24, 2.45) is 0 Å². The van der Waals surface area contributed by atoms with Crippen molar-refractivity contribution >= 4 is 25.4 Å². The highest BCUT2D eigenvalue weighted by molar-refractivity contribution is 8.73. The lowest BCUT2D eigenvalue weighted by molar-refractivity contribution is 0.104. The van der Waals surface area contributed by atoms with Gasteiger partial charge in [0.15, 0.2) is 0 Å². The summed E-state index contributed by atoms with van der Waals surface area (Å²) in [5, 5.41) is 6.34. The molecule has 0 bridgehead atoms. The minimum Gasteiger partial charge on any atom is -0.371 e. The number of carbonyl (C=O) groups excluding carboxylic acids is 1. The molecule has 0 unspecified atom stereocenters. The Hall–Kier alpha value is -2.25. The topological polar surface area (TPSA) is 75.3 Å². The summed E-state index contributed by atoms with van der Waals surface area (Å²) >= 11 is 0. The third-order valence-corrected chi connectivity index (χ3v) is 7.26. The third-order valence-electron chi connectivity index (χ3n) is 3.90. The van der Waals surface area contributed by atoms with Crippen LogP contribution in [-0.2, 0) is 8.87 Å². The Morgan fingerprint density at radius 3 is 1.96 bits per heavy atom. The van der Waals surface area contributed by atoms with E-state index in [1.165, 1.54) is 12.1 Å². The molecule has 0 aliphatic carbocycles. The van der Waals surface area contributed by atoms with Crippen molar-refractivity contribution in [3.8, 4) is 0 Å². The Morgan fingerprint density at radius 1 is 0.846 bits per heavy atom. The van der Waals surface area contributed by atoms with E-state index in [9.17, 15) is 13.2 Å². The molecule has 0 spiro atoms. The molecule has 26 heavy (non-hydrogen) atoms. The largest absolute Gasteiger partial charge is 0.371 e. The van der Waals surface area contributed by atoms with Gasteiger partial charge in [-0.05, 0) is 25.0 Å². The minimum absolute atomic E-state index is 0.168. The smallest absolute Gasteiger partial charge is 0.234 e. The number of Topliss-reactive ketones (excluding diaryl/α,β-unsaturated/α-hetero) is 1. The SMILES string of the molecule is O=C(C(SS(=O)(=O)c1ccccc1)=C1NCCCCN1)c1ccccc1. The van der Waals surface area contributed by atoms with Gasteiger partial charge in [0.1, 0.15) is 10.7 Å². The monoisotopic (exact) mass is 388 g/mol. The van der Waals surface area contributed by atoms with Crippen molar-refractivity contribution < 1.29 is 13.2 Å². The standard InChI is InChI=1S/C19H20N2O3S2/c22-17(15-9-3-1-4-10-15)18(19-20-13-7-8-14-21-19)25-26(23,24)16-11-5-2-6-12-16/h1-6,9-12,20-21H,7-8,13-14H2. The van der Waals surface area contributed by atoms with Crippen molar-refractivity contribution in [2.45, 2.75) is 17.7 Å². The lowest BCUT2D eigenvalue weighted by Crippen LogP contribution is -2.27. The van der Waals surface area contributed by atoms with Crippen LogP contribution in [0, 0.1) is 0 Å². The molecule has 3 rings (SSSR count). The Kier molecular flexibility index (Phi) is 6.00. The summed E-state index contributed by atoms with van der Waals surface area (Å²) in [5.41, 5.74) is 0.457. The van der Waals surface area contributed by atoms with Gasteiger partial charge in [0.25, 0.3) is 0 Å². The fourth-order valence-corrected chi connectivity index (χ4v) is 5.54. The fraction of sp³-hybridized carbons (Fsp3) is 0.211. The number of allylic oxidation sites excluding steroid dienone is 1. The van der Waals surface area contributed by atoms with E-state index < -0.39 is 8.87 Å². The molecule has 2 aromatic carbocycles. The summed E-state index contributed by atoms with van der Waals surface area (Å²) in [6, 6.07) is 16.9. The predicted octanol–water partition coefficient (Wildman–Crippen LogP) is 3.13. The van der Waals surface area contributed by atoms with Gasteiger partial charge >= 0.3 is 0 Å². The minimum atomic E-state index is -3.72. The van der Waals surface area contributed by atoms with Crippen molar-refractivity contribution in [1.82, 2.24) is 10.6 Å². The summed E-state index contributed by atoms with van der Waals surface area (Å²) < 4.78 is 25.7. The highest BCUT2D eigenvalue weighted by Gasteiger charge is 2.27. The summed E-state index contributed by atoms with van der Waals surface area (Å²) in [6.07, 6.45) is 1.92. The first-order valence-corrected chi connectivity index (χ1v) is 11.2. The quantitative estimate of drug-likeness (QED) is 0.466. The maximum absolute atomic E-state index is 13.0. The van der Waals surface area contributed by atoms with Gasteiger partial charge < -0.3 is 10.6 Å². The van der Waals surface area contributed by atoms with E-state index in [0.717, 1.165) is 12.8 Å². The summed E-state index contributed by atoms with van der Waals surface area (Å²) in [4.78, 5) is 13.4. The lowest BCUT2D eigenvalue weighted by atomic mass is 10.1. The van der Waals surface area contributed by atoms with Crippen molar-refractivity contribution in [2.75, 3.05) is 13.1 Å². The molecule has 1 aliphatic rings. The molecule has 0 atom stereocenters. The fourth-order valence-electron chi connectivity index (χ4n) is 2.56. The first-order chi connectivity index (χ1) is 12.6. The van der Waals surface area contributed by atoms with E-state index in [4.69, 9.17) is 0 Å². The molecule has 7 heteroatoms. The number of benzene rings is 2. The molecular formula is C19H20N2O3S2. The molecule has 0 aromatic heterocycles. The zero-order chi connectivity index (χ0) is 18.4. The van der Waals surface area contributed by atoms with Crippen LogP contribution in [0.2, 0.25) is 0 Å². The molecule has 136 valence electrons. The molecule has 1 fully saturated rings. The average molecular weight is 389 g/mol. The van der Waals surface area contributed by atoms with E-state index in [1.54, 1.807) is 42.5 Å². The zero-order valence-corrected chi connectivity index (χ0v) is 15.8. The number of nitrogens with one attached hydrogen (secondary N) is 2. The van der Waals surface area contributed by atoms with Gasteiger partial charge in [-0.25, -0.2) is 8.42 Å². The zero-order valence-electron chi connectivity index (χ0n) is 14.1. The second kappa shape index (κ2) is 8.42. The highest BCUT2D eigenvalue weighted by atomic mass is 33.1. The Labute approximate surface area is 157 Å². The van der Waals surface area contributed by atoms with Crippen LogP contribution in [0.1, 0.15) is 23.2 Å². The average Bonchev–Trinajstić information content (AvgIpc) is 2.96. The van der Waals surface area contributed by atoms with E-state index in [0.29, 0.717) is 35.3 Å². The first kappa shape index (κ1) is 18.5. The molecule has 0 amide bonds. The molecule has 5 nitrogen and oxygen atoms in total. The number of ketones is 1. The second-order valence-corrected chi connectivity index (χ2v) is 9.58. The molecular weight excluding hydrogens is 368 g/mol. The van der Waals surface area contributed by atoms with Crippen LogP contribution in [0.25, 0.3) is 0 Å². The lowest BCUT2D eigenvalue weighted by Gasteiger charge is -2.15. The van der Waals surface area contributed by atoms with E-state index in [1.807, 2.05) is 6.07 Å². The van der Waals surface area contributed by atoms with E-state index in [2.05, 4.69) is 10.6 Å². The maximum Gasteiger partial charge on any atom is 0.234 e. The van der Waals surface area contributed by atoms with Crippen LogP contribution in [-0.4, -0.2) is 27.3 Å². The van der Waals surface area contributed by atoms with Gasteiger partial charge in [-0.3, -0.25) is 4.79 Å². The van der Waals surface area contributed by atoms with E-state index in [-0.39, 0.29) is 15.6 Å². The van der Waals surface area contributed by atoms with Gasteiger partial charge in [-0.1, -0.05) is 48.5 Å². The maximum atomic E-state index is 13.0. The summed E-state index contributed by atoms with van der Waals surface area (Å²) in [5.74, 6) is 0.174. The number of hydrogen-bond donors (Lipinski definition) is 2. The molecule has 1 saturated heterocycles. The molecule has 2 aromatic rings. The van der Waals surface area contributed by atoms with Gasteiger partial charge in [-0.2, -0.15) is 0 Å². The van der Waals surface area contributed by atoms with Gasteiger partial charge in [0, 0.05) is 29.4 Å². The highest BCUT2D eigenvalue weighted by Crippen LogP contribution is 2.33. The third kappa shape index (κ3) is 4.47. The van der Waals surface area contributed by atoms with Crippen LogP contribution in [0.5, 0.6) is 0 Å². The summed E-state index contributed by atoms with van der Waals surface area (Å²) in [7, 11) is -3.12. The molecule has 0 radical (unpaired) electrons. The molecule has 1 aliphatic heterocycles. The van der Waals surface area contributed by atoms with Gasteiger partial charge in [-0.15, -0.1) is 0 Å². The van der Waals surface area contributed by atoms with Gasteiger partial charge in [0.05, 0.1) is 4.90 Å². The molecule has 1 heterocycles. The van der Waals surface area contributed by atoms with Crippen LogP contribution in [0.4, 0.5) is 0 Å². The normalized spacial score (nSPS) is 14.7. The van der Waals surface area contributed by atoms with Crippen LogP contribution < -0.4 is 10.6 Å². The van der Waals surface area contributed by atoms with Gasteiger partial charge in [0.2, 0.25) is 14.7 Å². The Morgan fingerprint density at radius 2 is 1.38 bits per heavy atom. The van der Waals surface area contributed by atoms with Crippen molar-refractivity contribution in [3.63, 3.8) is 0 Å². The van der Waals surface area contributed by atoms with Crippen LogP contribution in [0.3, 0.4) is 0 Å². The Bertz CT molecular complexity index is 885.